The highest BCUT2D eigenvalue weighted by Crippen LogP contribution is 2.28. The molecule has 3 rings (SSSR count). The molecule has 140 valence electrons. The fourth-order valence-electron chi connectivity index (χ4n) is 2.54. The molecule has 6 nitrogen and oxygen atoms in total. The second-order valence-corrected chi connectivity index (χ2v) is 6.54. The van der Waals surface area contributed by atoms with Crippen molar-refractivity contribution < 1.29 is 9.26 Å². The van der Waals surface area contributed by atoms with Crippen LogP contribution in [-0.2, 0) is 11.3 Å². The lowest BCUT2D eigenvalue weighted by Crippen LogP contribution is -2.38. The Morgan fingerprint density at radius 2 is 2.12 bits per heavy atom. The van der Waals surface area contributed by atoms with Gasteiger partial charge in [-0.1, -0.05) is 35.5 Å². The van der Waals surface area contributed by atoms with Crippen LogP contribution in [-0.4, -0.2) is 37.4 Å². The summed E-state index contributed by atoms with van der Waals surface area (Å²) in [5.74, 6) is 2.38. The van der Waals surface area contributed by atoms with Gasteiger partial charge >= 0.3 is 0 Å². The maximum absolute atomic E-state index is 5.65. The van der Waals surface area contributed by atoms with Crippen molar-refractivity contribution in [1.29, 1.82) is 0 Å². The summed E-state index contributed by atoms with van der Waals surface area (Å²) in [6.45, 7) is 5.91. The minimum atomic E-state index is 0.476. The van der Waals surface area contributed by atoms with Gasteiger partial charge in [-0.05, 0) is 32.1 Å². The Morgan fingerprint density at radius 3 is 2.88 bits per heavy atom. The molecule has 1 aliphatic carbocycles. The molecule has 1 heterocycles. The Hall–Kier alpha value is -2.34. The van der Waals surface area contributed by atoms with E-state index in [-0.39, 0.29) is 0 Å². The molecule has 0 amide bonds. The van der Waals surface area contributed by atoms with Crippen molar-refractivity contribution in [3.8, 4) is 11.3 Å². The maximum Gasteiger partial charge on any atom is 0.191 e. The number of aromatic nitrogens is 1. The molecular formula is C20H28N4O2. The fraction of sp³-hybridized carbons (Fsp3) is 0.500. The van der Waals surface area contributed by atoms with E-state index in [1.807, 2.05) is 36.4 Å². The van der Waals surface area contributed by atoms with E-state index in [2.05, 4.69) is 27.7 Å². The average Bonchev–Trinajstić information content (AvgIpc) is 3.38. The van der Waals surface area contributed by atoms with Crippen LogP contribution in [0.1, 0.15) is 31.9 Å². The van der Waals surface area contributed by atoms with Crippen LogP contribution in [0.5, 0.6) is 0 Å². The van der Waals surface area contributed by atoms with E-state index in [1.165, 1.54) is 12.8 Å². The normalized spacial score (nSPS) is 14.4. The zero-order chi connectivity index (χ0) is 18.0. The summed E-state index contributed by atoms with van der Waals surface area (Å²) in [6.07, 6.45) is 3.65. The lowest BCUT2D eigenvalue weighted by atomic mass is 10.2. The third-order valence-electron chi connectivity index (χ3n) is 4.17. The summed E-state index contributed by atoms with van der Waals surface area (Å²) in [7, 11) is 0. The number of hydrogen-bond donors (Lipinski definition) is 2. The standard InChI is InChI=1S/C20H28N4O2/c1-2-21-20(22-11-6-12-25-15-16-9-10-16)23-14-18-13-19(26-24-18)17-7-4-3-5-8-17/h3-5,7-8,13,16H,2,6,9-12,14-15H2,1H3,(H2,21,22,23). The summed E-state index contributed by atoms with van der Waals surface area (Å²) in [5.41, 5.74) is 1.83. The largest absolute Gasteiger partial charge is 0.381 e. The molecule has 0 unspecified atom stereocenters. The van der Waals surface area contributed by atoms with Crippen LogP contribution in [0, 0.1) is 5.92 Å². The van der Waals surface area contributed by atoms with Gasteiger partial charge in [0, 0.05) is 37.9 Å². The lowest BCUT2D eigenvalue weighted by molar-refractivity contribution is 0.123. The quantitative estimate of drug-likeness (QED) is 0.388. The van der Waals surface area contributed by atoms with Gasteiger partial charge in [-0.15, -0.1) is 0 Å². The van der Waals surface area contributed by atoms with E-state index >= 15 is 0 Å². The number of rotatable bonds is 10. The Labute approximate surface area is 155 Å². The van der Waals surface area contributed by atoms with Crippen molar-refractivity contribution in [2.75, 3.05) is 26.3 Å². The lowest BCUT2D eigenvalue weighted by Gasteiger charge is -2.11. The predicted octanol–water partition coefficient (Wildman–Crippen LogP) is 3.21. The molecule has 1 aromatic heterocycles. The number of nitrogens with one attached hydrogen (secondary N) is 2. The van der Waals surface area contributed by atoms with E-state index in [9.17, 15) is 0 Å². The van der Waals surface area contributed by atoms with E-state index in [4.69, 9.17) is 9.26 Å². The number of hydrogen-bond acceptors (Lipinski definition) is 4. The zero-order valence-corrected chi connectivity index (χ0v) is 15.4. The molecule has 0 bridgehead atoms. The van der Waals surface area contributed by atoms with E-state index in [0.717, 1.165) is 61.6 Å². The molecule has 1 aliphatic rings. The Kier molecular flexibility index (Phi) is 7.07. The van der Waals surface area contributed by atoms with E-state index in [0.29, 0.717) is 6.54 Å². The Balaban J connectivity index is 1.43. The second-order valence-electron chi connectivity index (χ2n) is 6.54. The van der Waals surface area contributed by atoms with Crippen molar-refractivity contribution in [1.82, 2.24) is 15.8 Å². The Bertz CT molecular complexity index is 680. The van der Waals surface area contributed by atoms with Gasteiger partial charge in [-0.3, -0.25) is 0 Å². The number of ether oxygens (including phenoxy) is 1. The number of benzene rings is 1. The van der Waals surface area contributed by atoms with Gasteiger partial charge in [0.2, 0.25) is 0 Å². The smallest absolute Gasteiger partial charge is 0.191 e. The molecule has 1 aromatic carbocycles. The number of guanidine groups is 1. The molecule has 0 atom stereocenters. The van der Waals surface area contributed by atoms with Crippen LogP contribution in [0.15, 0.2) is 45.9 Å². The third-order valence-corrected chi connectivity index (χ3v) is 4.17. The monoisotopic (exact) mass is 356 g/mol. The first kappa shape index (κ1) is 18.5. The molecule has 0 spiro atoms. The summed E-state index contributed by atoms with van der Waals surface area (Å²) >= 11 is 0. The Morgan fingerprint density at radius 1 is 1.27 bits per heavy atom. The van der Waals surface area contributed by atoms with Crippen LogP contribution >= 0.6 is 0 Å². The van der Waals surface area contributed by atoms with Gasteiger partial charge in [-0.2, -0.15) is 0 Å². The van der Waals surface area contributed by atoms with Gasteiger partial charge in [-0.25, -0.2) is 4.99 Å². The van der Waals surface area contributed by atoms with Crippen molar-refractivity contribution in [3.05, 3.63) is 42.1 Å². The maximum atomic E-state index is 5.65. The van der Waals surface area contributed by atoms with Gasteiger partial charge in [0.25, 0.3) is 0 Å². The van der Waals surface area contributed by atoms with Crippen LogP contribution < -0.4 is 10.6 Å². The molecule has 0 radical (unpaired) electrons. The summed E-state index contributed by atoms with van der Waals surface area (Å²) in [4.78, 5) is 4.58. The van der Waals surface area contributed by atoms with E-state index < -0.39 is 0 Å². The van der Waals surface area contributed by atoms with Gasteiger partial charge in [0.15, 0.2) is 11.7 Å². The molecule has 1 saturated carbocycles. The fourth-order valence-corrected chi connectivity index (χ4v) is 2.54. The molecule has 0 saturated heterocycles. The summed E-state index contributed by atoms with van der Waals surface area (Å²) < 4.78 is 11.1. The molecule has 2 N–H and O–H groups in total. The first-order valence-corrected chi connectivity index (χ1v) is 9.46. The van der Waals surface area contributed by atoms with Crippen molar-refractivity contribution in [3.63, 3.8) is 0 Å². The minimum Gasteiger partial charge on any atom is -0.381 e. The zero-order valence-electron chi connectivity index (χ0n) is 15.4. The molecule has 0 aliphatic heterocycles. The van der Waals surface area contributed by atoms with Crippen molar-refractivity contribution in [2.45, 2.75) is 32.7 Å². The highest BCUT2D eigenvalue weighted by molar-refractivity contribution is 5.79. The first-order valence-electron chi connectivity index (χ1n) is 9.46. The van der Waals surface area contributed by atoms with Gasteiger partial charge < -0.3 is 19.9 Å². The SMILES string of the molecule is CCNC(=NCc1cc(-c2ccccc2)on1)NCCCOCC1CC1. The molecule has 26 heavy (non-hydrogen) atoms. The van der Waals surface area contributed by atoms with Crippen molar-refractivity contribution in [2.24, 2.45) is 10.9 Å². The highest BCUT2D eigenvalue weighted by atomic mass is 16.5. The number of aliphatic imine (C=N–C) groups is 1. The van der Waals surface area contributed by atoms with Gasteiger partial charge in [0.1, 0.15) is 5.69 Å². The second kappa shape index (κ2) is 9.97. The van der Waals surface area contributed by atoms with Crippen LogP contribution in [0.2, 0.25) is 0 Å². The highest BCUT2D eigenvalue weighted by Gasteiger charge is 2.20. The first-order chi connectivity index (χ1) is 12.8. The summed E-state index contributed by atoms with van der Waals surface area (Å²) in [6, 6.07) is 11.9. The van der Waals surface area contributed by atoms with E-state index in [1.54, 1.807) is 0 Å². The van der Waals surface area contributed by atoms with Crippen LogP contribution in [0.4, 0.5) is 0 Å². The topological polar surface area (TPSA) is 71.7 Å². The van der Waals surface area contributed by atoms with Crippen LogP contribution in [0.3, 0.4) is 0 Å². The van der Waals surface area contributed by atoms with Crippen LogP contribution in [0.25, 0.3) is 11.3 Å². The van der Waals surface area contributed by atoms with Crippen molar-refractivity contribution >= 4 is 5.96 Å². The van der Waals surface area contributed by atoms with Gasteiger partial charge in [0.05, 0.1) is 6.54 Å². The summed E-state index contributed by atoms with van der Waals surface area (Å²) in [5, 5.41) is 10.7. The molecule has 6 heteroatoms. The average molecular weight is 356 g/mol. The number of nitrogens with zero attached hydrogens (tertiary/aromatic N) is 2. The molecule has 2 aromatic rings. The predicted molar refractivity (Wildman–Crippen MR) is 103 cm³/mol. The molecule has 1 fully saturated rings. The third kappa shape index (κ3) is 6.19. The molecular weight excluding hydrogens is 328 g/mol. The minimum absolute atomic E-state index is 0.476.